The summed E-state index contributed by atoms with van der Waals surface area (Å²) in [6.07, 6.45) is 3.92. The van der Waals surface area contributed by atoms with Crippen molar-refractivity contribution in [3.8, 4) is 22.2 Å². The molecule has 0 unspecified atom stereocenters. The molecule has 0 bridgehead atoms. The first-order chi connectivity index (χ1) is 36.1. The zero-order valence-corrected chi connectivity index (χ0v) is 44.7. The number of benzene rings is 3. The first-order valence-corrected chi connectivity index (χ1v) is 26.1. The second kappa shape index (κ2) is 32.1. The van der Waals surface area contributed by atoms with Crippen molar-refractivity contribution in [2.75, 3.05) is 126 Å². The molecule has 1 aliphatic rings. The molecule has 2 aromatic heterocycles. The predicted octanol–water partition coefficient (Wildman–Crippen LogP) is 6.82. The lowest BCUT2D eigenvalue weighted by atomic mass is 9.99. The number of aliphatic imine (C=N–C) groups is 1. The van der Waals surface area contributed by atoms with Crippen molar-refractivity contribution in [3.63, 3.8) is 0 Å². The average Bonchev–Trinajstić information content (AvgIpc) is 3.89. The van der Waals surface area contributed by atoms with Gasteiger partial charge in [-0.25, -0.2) is 0 Å². The van der Waals surface area contributed by atoms with E-state index in [2.05, 4.69) is 41.1 Å². The van der Waals surface area contributed by atoms with E-state index >= 15 is 0 Å². The van der Waals surface area contributed by atoms with Crippen LogP contribution in [-0.4, -0.2) is 159 Å². The maximum atomic E-state index is 13.2. The second-order valence-electron chi connectivity index (χ2n) is 16.9. The van der Waals surface area contributed by atoms with Crippen LogP contribution in [0, 0.1) is 27.2 Å². The Labute approximate surface area is 443 Å². The largest absolute Gasteiger partial charge is 0.493 e. The number of methoxy groups -OCH3 is 2. The number of hydrogen-bond acceptors (Lipinski definition) is 16. The predicted molar refractivity (Wildman–Crippen MR) is 283 cm³/mol. The number of amides is 2. The van der Waals surface area contributed by atoms with Crippen LogP contribution in [0.3, 0.4) is 0 Å². The molecular formula is C54H70ClN6O12S. The molecule has 18 nitrogen and oxygen atoms in total. The molecule has 20 heteroatoms. The lowest BCUT2D eigenvalue weighted by Crippen LogP contribution is -2.31. The highest BCUT2D eigenvalue weighted by molar-refractivity contribution is 7.15. The zero-order chi connectivity index (χ0) is 52.3. The van der Waals surface area contributed by atoms with E-state index in [1.807, 2.05) is 78.2 Å². The Hall–Kier alpha value is -5.48. The SMILES string of the molecule is COc1ccc(CC[CH]c2cccc(OCC(=O)NCCOCCOCCOCCOCCOCCOCCOCCNC(=O)C[C@@H]3N=C(c4ccc(Cl)cc4)c4c(sc(C)c4C)-n4c(C)nnc43)c2)cc1OC. The van der Waals surface area contributed by atoms with Gasteiger partial charge in [-0.3, -0.25) is 19.1 Å². The van der Waals surface area contributed by atoms with Crippen LogP contribution in [0.15, 0.2) is 71.7 Å². The third-order valence-corrected chi connectivity index (χ3v) is 13.0. The zero-order valence-electron chi connectivity index (χ0n) is 43.1. The highest BCUT2D eigenvalue weighted by atomic mass is 35.5. The van der Waals surface area contributed by atoms with E-state index in [4.69, 9.17) is 64.0 Å². The lowest BCUT2D eigenvalue weighted by Gasteiger charge is -2.13. The summed E-state index contributed by atoms with van der Waals surface area (Å²) in [5.74, 6) is 3.04. The van der Waals surface area contributed by atoms with Crippen molar-refractivity contribution in [2.24, 2.45) is 4.99 Å². The van der Waals surface area contributed by atoms with Crippen LogP contribution in [-0.2, 0) is 49.2 Å². The van der Waals surface area contributed by atoms with Crippen molar-refractivity contribution in [2.45, 2.75) is 46.1 Å². The summed E-state index contributed by atoms with van der Waals surface area (Å²) < 4.78 is 57.5. The molecule has 1 aliphatic heterocycles. The summed E-state index contributed by atoms with van der Waals surface area (Å²) in [7, 11) is 3.25. The highest BCUT2D eigenvalue weighted by Crippen LogP contribution is 2.39. The topological polar surface area (TPSA) is 194 Å². The van der Waals surface area contributed by atoms with Crippen LogP contribution in [0.5, 0.6) is 17.2 Å². The molecule has 5 aromatic rings. The molecule has 1 atom stereocenters. The first-order valence-electron chi connectivity index (χ1n) is 24.9. The summed E-state index contributed by atoms with van der Waals surface area (Å²) >= 11 is 7.90. The fourth-order valence-corrected chi connectivity index (χ4v) is 9.04. The standard InChI is InChI=1S/C54H70ClN6O12S/c1-38-39(2)74-54-51(38)52(43-13-15-44(55)16-14-43)58-46(53-60-59-40(3)61(53)54)36-49(62)56-18-20-66-22-24-68-26-28-70-30-32-72-33-31-71-29-27-69-25-23-67-21-19-57-50(63)37-73-45-11-7-10-41(34-45)8-6-9-42-12-17-47(64-4)48(35-42)65-5/h7-8,10-17,34-35,46H,6,9,18-33,36-37H2,1-5H3,(H,56,62)(H,57,63)/t46-/m0/s1. The van der Waals surface area contributed by atoms with Crippen molar-refractivity contribution >= 4 is 40.5 Å². The van der Waals surface area contributed by atoms with Gasteiger partial charge in [0.25, 0.3) is 5.91 Å². The van der Waals surface area contributed by atoms with Gasteiger partial charge < -0.3 is 58.0 Å². The van der Waals surface area contributed by atoms with Crippen LogP contribution in [0.4, 0.5) is 0 Å². The quantitative estimate of drug-likeness (QED) is 0.0397. The van der Waals surface area contributed by atoms with E-state index < -0.39 is 6.04 Å². The summed E-state index contributed by atoms with van der Waals surface area (Å²) in [6, 6.07) is 20.7. The van der Waals surface area contributed by atoms with Crippen molar-refractivity contribution in [1.82, 2.24) is 25.4 Å². The molecule has 0 saturated heterocycles. The summed E-state index contributed by atoms with van der Waals surface area (Å²) in [6.45, 7) is 12.6. The van der Waals surface area contributed by atoms with Gasteiger partial charge >= 0.3 is 0 Å². The van der Waals surface area contributed by atoms with Crippen LogP contribution in [0.2, 0.25) is 5.02 Å². The maximum Gasteiger partial charge on any atom is 0.258 e. The van der Waals surface area contributed by atoms with Crippen LogP contribution >= 0.6 is 22.9 Å². The summed E-state index contributed by atoms with van der Waals surface area (Å²) in [5.41, 5.74) is 6.05. The summed E-state index contributed by atoms with van der Waals surface area (Å²) in [4.78, 5) is 31.8. The number of carbonyl (C=O) groups is 2. The molecule has 0 spiro atoms. The monoisotopic (exact) mass is 1060 g/mol. The number of thiophene rings is 1. The minimum Gasteiger partial charge on any atom is -0.493 e. The van der Waals surface area contributed by atoms with Crippen molar-refractivity contribution in [3.05, 3.63) is 123 Å². The molecule has 74 heavy (non-hydrogen) atoms. The number of carbonyl (C=O) groups excluding carboxylic acids is 2. The van der Waals surface area contributed by atoms with Gasteiger partial charge in [-0.2, -0.15) is 0 Å². The number of halogens is 1. The molecule has 0 fully saturated rings. The molecular weight excluding hydrogens is 992 g/mol. The second-order valence-corrected chi connectivity index (χ2v) is 18.5. The van der Waals surface area contributed by atoms with Gasteiger partial charge in [0.05, 0.1) is 119 Å². The number of hydrogen-bond donors (Lipinski definition) is 2. The number of nitrogens with one attached hydrogen (secondary N) is 2. The minimum absolute atomic E-state index is 0.0858. The summed E-state index contributed by atoms with van der Waals surface area (Å²) in [5, 5.41) is 16.2. The van der Waals surface area contributed by atoms with Gasteiger partial charge in [0.15, 0.2) is 23.9 Å². The average molecular weight is 1060 g/mol. The van der Waals surface area contributed by atoms with Gasteiger partial charge in [0.1, 0.15) is 22.6 Å². The fraction of sp³-hybridized carbons (Fsp3) is 0.481. The van der Waals surface area contributed by atoms with E-state index in [9.17, 15) is 9.59 Å². The van der Waals surface area contributed by atoms with Crippen molar-refractivity contribution < 1.29 is 57.0 Å². The van der Waals surface area contributed by atoms with E-state index in [0.717, 1.165) is 57.2 Å². The molecule has 0 saturated carbocycles. The number of rotatable bonds is 36. The number of fused-ring (bicyclic) bond motifs is 3. The van der Waals surface area contributed by atoms with Gasteiger partial charge in [0.2, 0.25) is 5.91 Å². The van der Waals surface area contributed by atoms with E-state index in [-0.39, 0.29) is 24.8 Å². The Morgan fingerprint density at radius 2 is 1.27 bits per heavy atom. The lowest BCUT2D eigenvalue weighted by molar-refractivity contribution is -0.123. The van der Waals surface area contributed by atoms with Crippen LogP contribution in [0.25, 0.3) is 5.00 Å². The van der Waals surface area contributed by atoms with E-state index in [0.29, 0.717) is 134 Å². The third-order valence-electron chi connectivity index (χ3n) is 11.6. The molecule has 2 amide bonds. The van der Waals surface area contributed by atoms with E-state index in [1.165, 1.54) is 4.88 Å². The van der Waals surface area contributed by atoms with Gasteiger partial charge in [-0.05, 0) is 93.1 Å². The fourth-order valence-electron chi connectivity index (χ4n) is 7.70. The molecule has 3 aromatic carbocycles. The van der Waals surface area contributed by atoms with Gasteiger partial charge in [-0.1, -0.05) is 41.9 Å². The van der Waals surface area contributed by atoms with Gasteiger partial charge in [0, 0.05) is 34.1 Å². The first kappa shape index (κ1) is 57.8. The molecule has 3 heterocycles. The van der Waals surface area contributed by atoms with Gasteiger partial charge in [-0.15, -0.1) is 21.5 Å². The van der Waals surface area contributed by atoms with Crippen LogP contribution in [0.1, 0.15) is 63.2 Å². The number of ether oxygens (including phenoxy) is 10. The maximum absolute atomic E-state index is 13.2. The molecule has 6 rings (SSSR count). The van der Waals surface area contributed by atoms with Crippen molar-refractivity contribution in [1.29, 1.82) is 0 Å². The molecule has 1 radical (unpaired) electrons. The number of aryl methyl sites for hydroxylation is 3. The Bertz CT molecular complexity index is 2520. The highest BCUT2D eigenvalue weighted by Gasteiger charge is 2.32. The Balaban J connectivity index is 0.683. The van der Waals surface area contributed by atoms with E-state index in [1.54, 1.807) is 25.6 Å². The molecule has 2 N–H and O–H groups in total. The smallest absolute Gasteiger partial charge is 0.258 e. The Kier molecular flexibility index (Phi) is 25.0. The third kappa shape index (κ3) is 18.7. The number of nitrogens with zero attached hydrogens (tertiary/aromatic N) is 4. The van der Waals surface area contributed by atoms with Crippen LogP contribution < -0.4 is 24.8 Å². The Morgan fingerprint density at radius 3 is 1.86 bits per heavy atom. The molecule has 0 aliphatic carbocycles. The minimum atomic E-state index is -0.542. The number of aromatic nitrogens is 3. The molecule has 401 valence electrons. The normalized spacial score (nSPS) is 12.9. The Morgan fingerprint density at radius 1 is 0.689 bits per heavy atom.